The van der Waals surface area contributed by atoms with Crippen LogP contribution in [0.25, 0.3) is 0 Å². The Balaban J connectivity index is 2.37. The zero-order chi connectivity index (χ0) is 11.8. The Morgan fingerprint density at radius 3 is 2.69 bits per heavy atom. The van der Waals surface area contributed by atoms with Gasteiger partial charge >= 0.3 is 0 Å². The highest BCUT2D eigenvalue weighted by Crippen LogP contribution is 2.38. The predicted molar refractivity (Wildman–Crippen MR) is 63.8 cm³/mol. The van der Waals surface area contributed by atoms with Crippen LogP contribution >= 0.6 is 0 Å². The topological polar surface area (TPSA) is 52.5 Å². The van der Waals surface area contributed by atoms with Crippen LogP contribution in [0.2, 0.25) is 0 Å². The van der Waals surface area contributed by atoms with Gasteiger partial charge in [0.2, 0.25) is 0 Å². The molecule has 0 aromatic heterocycles. The van der Waals surface area contributed by atoms with Gasteiger partial charge in [-0.25, -0.2) is 0 Å². The molecule has 2 atom stereocenters. The Bertz CT molecular complexity index is 392. The van der Waals surface area contributed by atoms with Crippen molar-refractivity contribution in [2.24, 2.45) is 0 Å². The maximum absolute atomic E-state index is 9.56. The van der Waals surface area contributed by atoms with Gasteiger partial charge in [0.1, 0.15) is 0 Å². The summed E-state index contributed by atoms with van der Waals surface area (Å²) in [5.74, 6) is -0.0831. The molecule has 16 heavy (non-hydrogen) atoms. The van der Waals surface area contributed by atoms with E-state index < -0.39 is 0 Å². The Morgan fingerprint density at radius 2 is 2.06 bits per heavy atom. The lowest BCUT2D eigenvalue weighted by atomic mass is 9.71. The zero-order valence-corrected chi connectivity index (χ0v) is 9.83. The van der Waals surface area contributed by atoms with Gasteiger partial charge in [0.15, 0.2) is 11.5 Å². The molecule has 1 aliphatic heterocycles. The first kappa shape index (κ1) is 11.3. The minimum atomic E-state index is -0.0521. The van der Waals surface area contributed by atoms with E-state index in [0.29, 0.717) is 6.04 Å². The molecule has 0 bridgehead atoms. The second-order valence-corrected chi connectivity index (χ2v) is 4.90. The van der Waals surface area contributed by atoms with Crippen molar-refractivity contribution >= 4 is 0 Å². The van der Waals surface area contributed by atoms with Crippen LogP contribution in [-0.4, -0.2) is 22.8 Å². The van der Waals surface area contributed by atoms with Crippen LogP contribution in [0.3, 0.4) is 0 Å². The number of rotatable bonds is 1. The standard InChI is InChI=1S/C13H19NO2/c1-9-13(2,6-3-7-14-9)10-4-5-11(15)12(16)8-10/h4-5,8-9,14-16H,3,6-7H2,1-2H3/t9-,13-/m1/s1. The number of hydrogen-bond acceptors (Lipinski definition) is 3. The number of nitrogens with one attached hydrogen (secondary N) is 1. The fraction of sp³-hybridized carbons (Fsp3) is 0.538. The number of phenolic OH excluding ortho intramolecular Hbond substituents is 2. The second-order valence-electron chi connectivity index (χ2n) is 4.90. The van der Waals surface area contributed by atoms with Gasteiger partial charge in [-0.1, -0.05) is 13.0 Å². The third-order valence-corrected chi connectivity index (χ3v) is 3.91. The largest absolute Gasteiger partial charge is 0.504 e. The molecule has 1 saturated heterocycles. The summed E-state index contributed by atoms with van der Waals surface area (Å²) in [6, 6.07) is 5.53. The van der Waals surface area contributed by atoms with Crippen LogP contribution in [0.4, 0.5) is 0 Å². The van der Waals surface area contributed by atoms with Gasteiger partial charge in [-0.2, -0.15) is 0 Å². The van der Waals surface area contributed by atoms with Crippen molar-refractivity contribution in [1.29, 1.82) is 0 Å². The monoisotopic (exact) mass is 221 g/mol. The fourth-order valence-electron chi connectivity index (χ4n) is 2.49. The van der Waals surface area contributed by atoms with E-state index in [1.165, 1.54) is 0 Å². The predicted octanol–water partition coefficient (Wildman–Crippen LogP) is 2.13. The van der Waals surface area contributed by atoms with Crippen molar-refractivity contribution in [3.63, 3.8) is 0 Å². The van der Waals surface area contributed by atoms with E-state index in [-0.39, 0.29) is 16.9 Å². The van der Waals surface area contributed by atoms with Crippen molar-refractivity contribution in [2.75, 3.05) is 6.54 Å². The van der Waals surface area contributed by atoms with Gasteiger partial charge < -0.3 is 15.5 Å². The SMILES string of the molecule is C[C@H]1NCCC[C@@]1(C)c1ccc(O)c(O)c1. The summed E-state index contributed by atoms with van der Waals surface area (Å²) in [5.41, 5.74) is 1.12. The molecule has 3 N–H and O–H groups in total. The molecule has 1 aromatic carbocycles. The third kappa shape index (κ3) is 1.76. The molecule has 0 radical (unpaired) electrons. The summed E-state index contributed by atoms with van der Waals surface area (Å²) in [6.45, 7) is 5.43. The van der Waals surface area contributed by atoms with Crippen LogP contribution in [0.1, 0.15) is 32.3 Å². The summed E-state index contributed by atoms with van der Waals surface area (Å²) in [4.78, 5) is 0. The number of benzene rings is 1. The van der Waals surface area contributed by atoms with Crippen LogP contribution in [0.15, 0.2) is 18.2 Å². The molecule has 1 fully saturated rings. The van der Waals surface area contributed by atoms with E-state index in [0.717, 1.165) is 24.9 Å². The average molecular weight is 221 g/mol. The van der Waals surface area contributed by atoms with Crippen LogP contribution < -0.4 is 5.32 Å². The molecular weight excluding hydrogens is 202 g/mol. The summed E-state index contributed by atoms with van der Waals surface area (Å²) in [5, 5.41) is 22.3. The first-order valence-electron chi connectivity index (χ1n) is 5.80. The van der Waals surface area contributed by atoms with E-state index in [1.54, 1.807) is 12.1 Å². The normalized spacial score (nSPS) is 30.2. The minimum Gasteiger partial charge on any atom is -0.504 e. The van der Waals surface area contributed by atoms with E-state index in [1.807, 2.05) is 6.07 Å². The van der Waals surface area contributed by atoms with Crippen LogP contribution in [0.5, 0.6) is 11.5 Å². The Hall–Kier alpha value is -1.22. The van der Waals surface area contributed by atoms with Crippen molar-refractivity contribution < 1.29 is 10.2 Å². The number of phenols is 2. The molecule has 3 heteroatoms. The summed E-state index contributed by atoms with van der Waals surface area (Å²) in [7, 11) is 0. The molecule has 2 rings (SSSR count). The maximum Gasteiger partial charge on any atom is 0.157 e. The van der Waals surface area contributed by atoms with Crippen molar-refractivity contribution in [3.05, 3.63) is 23.8 Å². The van der Waals surface area contributed by atoms with E-state index in [4.69, 9.17) is 0 Å². The number of piperidine rings is 1. The lowest BCUT2D eigenvalue weighted by Gasteiger charge is -2.41. The fourth-order valence-corrected chi connectivity index (χ4v) is 2.49. The lowest BCUT2D eigenvalue weighted by Crippen LogP contribution is -2.49. The molecule has 0 spiro atoms. The van der Waals surface area contributed by atoms with E-state index in [9.17, 15) is 10.2 Å². The van der Waals surface area contributed by atoms with Gasteiger partial charge in [-0.05, 0) is 44.0 Å². The Kier molecular flexibility index (Phi) is 2.80. The number of hydrogen-bond donors (Lipinski definition) is 3. The third-order valence-electron chi connectivity index (χ3n) is 3.91. The average Bonchev–Trinajstić information content (AvgIpc) is 2.26. The van der Waals surface area contributed by atoms with Gasteiger partial charge in [0.25, 0.3) is 0 Å². The smallest absolute Gasteiger partial charge is 0.157 e. The molecule has 1 heterocycles. The van der Waals surface area contributed by atoms with Crippen molar-refractivity contribution in [3.8, 4) is 11.5 Å². The molecule has 88 valence electrons. The Morgan fingerprint density at radius 1 is 1.31 bits per heavy atom. The van der Waals surface area contributed by atoms with E-state index in [2.05, 4.69) is 19.2 Å². The van der Waals surface area contributed by atoms with Gasteiger partial charge in [0, 0.05) is 11.5 Å². The highest BCUT2D eigenvalue weighted by Gasteiger charge is 2.35. The van der Waals surface area contributed by atoms with Gasteiger partial charge in [-0.15, -0.1) is 0 Å². The second kappa shape index (κ2) is 3.98. The molecule has 0 unspecified atom stereocenters. The molecule has 0 saturated carbocycles. The Labute approximate surface area is 96.1 Å². The molecule has 1 aliphatic rings. The maximum atomic E-state index is 9.56. The molecule has 1 aromatic rings. The summed E-state index contributed by atoms with van der Waals surface area (Å²) < 4.78 is 0. The minimum absolute atomic E-state index is 0.0310. The summed E-state index contributed by atoms with van der Waals surface area (Å²) in [6.07, 6.45) is 2.24. The molecule has 0 amide bonds. The van der Waals surface area contributed by atoms with Crippen LogP contribution in [-0.2, 0) is 5.41 Å². The highest BCUT2D eigenvalue weighted by molar-refractivity contribution is 5.43. The molecule has 3 nitrogen and oxygen atoms in total. The quantitative estimate of drug-likeness (QED) is 0.637. The first-order chi connectivity index (χ1) is 7.54. The zero-order valence-electron chi connectivity index (χ0n) is 9.83. The van der Waals surface area contributed by atoms with Crippen molar-refractivity contribution in [1.82, 2.24) is 5.32 Å². The van der Waals surface area contributed by atoms with Gasteiger partial charge in [-0.3, -0.25) is 0 Å². The van der Waals surface area contributed by atoms with Crippen molar-refractivity contribution in [2.45, 2.75) is 38.1 Å². The highest BCUT2D eigenvalue weighted by atomic mass is 16.3. The van der Waals surface area contributed by atoms with E-state index >= 15 is 0 Å². The van der Waals surface area contributed by atoms with Gasteiger partial charge in [0.05, 0.1) is 0 Å². The molecule has 0 aliphatic carbocycles. The van der Waals surface area contributed by atoms with Crippen LogP contribution in [0, 0.1) is 0 Å². The first-order valence-corrected chi connectivity index (χ1v) is 5.80. The lowest BCUT2D eigenvalue weighted by molar-refractivity contribution is 0.260. The number of aromatic hydroxyl groups is 2. The summed E-state index contributed by atoms with van der Waals surface area (Å²) >= 11 is 0. The molecular formula is C13H19NO2.